The molecule has 4 rings (SSSR count). The number of hydrogen-bond donors (Lipinski definition) is 2. The van der Waals surface area contributed by atoms with Gasteiger partial charge in [0.1, 0.15) is 5.82 Å². The fourth-order valence-electron chi connectivity index (χ4n) is 4.00. The predicted octanol–water partition coefficient (Wildman–Crippen LogP) is 3.35. The van der Waals surface area contributed by atoms with Gasteiger partial charge in [0.05, 0.1) is 5.69 Å². The highest BCUT2D eigenvalue weighted by Gasteiger charge is 2.18. The van der Waals surface area contributed by atoms with Crippen molar-refractivity contribution < 1.29 is 9.18 Å². The van der Waals surface area contributed by atoms with Gasteiger partial charge < -0.3 is 5.32 Å². The number of rotatable bonds is 6. The van der Waals surface area contributed by atoms with Crippen molar-refractivity contribution in [3.05, 3.63) is 98.2 Å². The maximum absolute atomic E-state index is 13.3. The summed E-state index contributed by atoms with van der Waals surface area (Å²) in [5, 5.41) is 9.80. The Morgan fingerprint density at radius 2 is 1.80 bits per heavy atom. The first-order valence-electron chi connectivity index (χ1n) is 10.3. The molecule has 6 heteroatoms. The second-order valence-corrected chi connectivity index (χ2v) is 7.68. The highest BCUT2D eigenvalue weighted by Crippen LogP contribution is 2.22. The van der Waals surface area contributed by atoms with E-state index >= 15 is 0 Å². The van der Waals surface area contributed by atoms with Crippen LogP contribution in [-0.4, -0.2) is 22.6 Å². The average Bonchev–Trinajstić information content (AvgIpc) is 2.76. The summed E-state index contributed by atoms with van der Waals surface area (Å²) >= 11 is 0. The molecule has 0 radical (unpaired) electrons. The van der Waals surface area contributed by atoms with Gasteiger partial charge in [-0.05, 0) is 73.1 Å². The van der Waals surface area contributed by atoms with Crippen molar-refractivity contribution in [3.8, 4) is 0 Å². The number of nitrogens with one attached hydrogen (secondary N) is 2. The average molecular weight is 405 g/mol. The van der Waals surface area contributed by atoms with Crippen LogP contribution < -0.4 is 10.9 Å². The quantitative estimate of drug-likeness (QED) is 0.660. The van der Waals surface area contributed by atoms with Gasteiger partial charge in [0.25, 0.3) is 11.5 Å². The van der Waals surface area contributed by atoms with Crippen LogP contribution >= 0.6 is 0 Å². The molecule has 0 saturated carbocycles. The van der Waals surface area contributed by atoms with Gasteiger partial charge in [-0.3, -0.25) is 9.59 Å². The highest BCUT2D eigenvalue weighted by molar-refractivity contribution is 5.94. The molecule has 0 atom stereocenters. The second kappa shape index (κ2) is 9.03. The molecule has 2 N–H and O–H groups in total. The number of halogens is 1. The van der Waals surface area contributed by atoms with Crippen molar-refractivity contribution in [2.75, 3.05) is 6.54 Å². The Balaban J connectivity index is 1.43. The van der Waals surface area contributed by atoms with Crippen molar-refractivity contribution >= 4 is 5.91 Å². The monoisotopic (exact) mass is 405 g/mol. The zero-order chi connectivity index (χ0) is 20.9. The van der Waals surface area contributed by atoms with Crippen LogP contribution in [-0.2, 0) is 25.7 Å². The van der Waals surface area contributed by atoms with Crippen LogP contribution in [0.1, 0.15) is 51.1 Å². The lowest BCUT2D eigenvalue weighted by Crippen LogP contribution is -2.26. The Labute approximate surface area is 174 Å². The van der Waals surface area contributed by atoms with Crippen LogP contribution in [0.25, 0.3) is 0 Å². The van der Waals surface area contributed by atoms with Crippen molar-refractivity contribution in [2.45, 2.75) is 38.5 Å². The standard InChI is InChI=1S/C24H24FN3O2/c25-19-8-4-5-16(14-19)11-12-26-23(29)18-7-3-6-17(13-18)15-22-20-9-1-2-10-21(20)24(30)28-27-22/h3-8,13-14H,1-2,9-12,15H2,(H,26,29)(H,28,30). The van der Waals surface area contributed by atoms with Crippen LogP contribution in [0, 0.1) is 5.82 Å². The number of carbonyl (C=O) groups excluding carboxylic acids is 1. The SMILES string of the molecule is O=C(NCCc1cccc(F)c1)c1cccc(Cc2n[nH]c(=O)c3c2CCCC3)c1. The molecule has 5 nitrogen and oxygen atoms in total. The van der Waals surface area contributed by atoms with Gasteiger partial charge in [0, 0.05) is 24.1 Å². The molecule has 0 bridgehead atoms. The molecule has 1 amide bonds. The summed E-state index contributed by atoms with van der Waals surface area (Å²) in [6, 6.07) is 13.8. The smallest absolute Gasteiger partial charge is 0.267 e. The van der Waals surface area contributed by atoms with Crippen LogP contribution in [0.15, 0.2) is 53.3 Å². The number of nitrogens with zero attached hydrogens (tertiary/aromatic N) is 1. The third-order valence-corrected chi connectivity index (χ3v) is 5.53. The molecule has 1 aliphatic rings. The molecule has 0 spiro atoms. The van der Waals surface area contributed by atoms with E-state index in [0.29, 0.717) is 24.9 Å². The van der Waals surface area contributed by atoms with Crippen molar-refractivity contribution in [3.63, 3.8) is 0 Å². The largest absolute Gasteiger partial charge is 0.352 e. The lowest BCUT2D eigenvalue weighted by atomic mass is 9.90. The minimum Gasteiger partial charge on any atom is -0.352 e. The molecule has 0 unspecified atom stereocenters. The first kappa shape index (κ1) is 20.0. The number of aromatic nitrogens is 2. The summed E-state index contributed by atoms with van der Waals surface area (Å²) in [7, 11) is 0. The molecule has 30 heavy (non-hydrogen) atoms. The molecule has 0 aliphatic heterocycles. The predicted molar refractivity (Wildman–Crippen MR) is 113 cm³/mol. The Morgan fingerprint density at radius 1 is 1.03 bits per heavy atom. The van der Waals surface area contributed by atoms with E-state index < -0.39 is 0 Å². The molecular formula is C24H24FN3O2. The zero-order valence-electron chi connectivity index (χ0n) is 16.7. The lowest BCUT2D eigenvalue weighted by Gasteiger charge is -2.17. The molecular weight excluding hydrogens is 381 g/mol. The van der Waals surface area contributed by atoms with Gasteiger partial charge in [-0.15, -0.1) is 0 Å². The summed E-state index contributed by atoms with van der Waals surface area (Å²) in [4.78, 5) is 24.6. The number of benzene rings is 2. The topological polar surface area (TPSA) is 74.8 Å². The van der Waals surface area contributed by atoms with Crippen molar-refractivity contribution in [1.29, 1.82) is 0 Å². The fraction of sp³-hybridized carbons (Fsp3) is 0.292. The van der Waals surface area contributed by atoms with E-state index in [9.17, 15) is 14.0 Å². The molecule has 3 aromatic rings. The van der Waals surface area contributed by atoms with Crippen LogP contribution in [0.5, 0.6) is 0 Å². The number of hydrogen-bond acceptors (Lipinski definition) is 3. The fourth-order valence-corrected chi connectivity index (χ4v) is 4.00. The Bertz CT molecular complexity index is 1120. The van der Waals surface area contributed by atoms with Gasteiger partial charge in [0.2, 0.25) is 0 Å². The van der Waals surface area contributed by atoms with Crippen molar-refractivity contribution in [2.24, 2.45) is 0 Å². The number of carbonyl (C=O) groups is 1. The minimum atomic E-state index is -0.274. The van der Waals surface area contributed by atoms with E-state index in [-0.39, 0.29) is 17.3 Å². The molecule has 154 valence electrons. The van der Waals surface area contributed by atoms with E-state index in [1.54, 1.807) is 12.1 Å². The summed E-state index contributed by atoms with van der Waals surface area (Å²) in [6.07, 6.45) is 4.92. The van der Waals surface area contributed by atoms with E-state index in [4.69, 9.17) is 0 Å². The van der Waals surface area contributed by atoms with Gasteiger partial charge in [-0.25, -0.2) is 9.49 Å². The van der Waals surface area contributed by atoms with Crippen LogP contribution in [0.4, 0.5) is 4.39 Å². The summed E-state index contributed by atoms with van der Waals surface area (Å²) in [5.74, 6) is -0.436. The first-order valence-corrected chi connectivity index (χ1v) is 10.3. The number of fused-ring (bicyclic) bond motifs is 1. The van der Waals surface area contributed by atoms with Gasteiger partial charge in [0.15, 0.2) is 0 Å². The zero-order valence-corrected chi connectivity index (χ0v) is 16.7. The van der Waals surface area contributed by atoms with Gasteiger partial charge in [-0.2, -0.15) is 5.10 Å². The molecule has 1 heterocycles. The Kier molecular flexibility index (Phi) is 6.02. The van der Waals surface area contributed by atoms with Crippen LogP contribution in [0.3, 0.4) is 0 Å². The summed E-state index contributed by atoms with van der Waals surface area (Å²) < 4.78 is 13.3. The lowest BCUT2D eigenvalue weighted by molar-refractivity contribution is 0.0954. The van der Waals surface area contributed by atoms with E-state index in [1.807, 2.05) is 24.3 Å². The van der Waals surface area contributed by atoms with Gasteiger partial charge >= 0.3 is 0 Å². The first-order chi connectivity index (χ1) is 14.6. The Hall–Kier alpha value is -3.28. The molecule has 2 aromatic carbocycles. The van der Waals surface area contributed by atoms with E-state index in [2.05, 4.69) is 15.5 Å². The third-order valence-electron chi connectivity index (χ3n) is 5.53. The molecule has 0 saturated heterocycles. The highest BCUT2D eigenvalue weighted by atomic mass is 19.1. The second-order valence-electron chi connectivity index (χ2n) is 7.68. The maximum atomic E-state index is 13.3. The number of H-pyrrole nitrogens is 1. The molecule has 0 fully saturated rings. The third kappa shape index (κ3) is 4.64. The van der Waals surface area contributed by atoms with Crippen LogP contribution in [0.2, 0.25) is 0 Å². The normalized spacial score (nSPS) is 13.0. The number of amides is 1. The van der Waals surface area contributed by atoms with Gasteiger partial charge in [-0.1, -0.05) is 24.3 Å². The van der Waals surface area contributed by atoms with Crippen molar-refractivity contribution in [1.82, 2.24) is 15.5 Å². The minimum absolute atomic E-state index is 0.0834. The maximum Gasteiger partial charge on any atom is 0.267 e. The Morgan fingerprint density at radius 3 is 2.63 bits per heavy atom. The van der Waals surface area contributed by atoms with E-state index in [0.717, 1.165) is 53.6 Å². The molecule has 1 aliphatic carbocycles. The molecule has 1 aromatic heterocycles. The van der Waals surface area contributed by atoms with E-state index in [1.165, 1.54) is 12.1 Å². The summed E-state index contributed by atoms with van der Waals surface area (Å²) in [6.45, 7) is 0.432. The summed E-state index contributed by atoms with van der Waals surface area (Å²) in [5.41, 5.74) is 5.11. The number of aromatic amines is 1.